The van der Waals surface area contributed by atoms with Crippen LogP contribution in [0.2, 0.25) is 0 Å². The maximum atomic E-state index is 14.2. The first-order chi connectivity index (χ1) is 11.1. The number of nitrogens with zero attached hydrogens (tertiary/aromatic N) is 2. The van der Waals surface area contributed by atoms with Gasteiger partial charge in [-0.2, -0.15) is 0 Å². The number of benzene rings is 1. The molecule has 1 aromatic rings. The van der Waals surface area contributed by atoms with Crippen LogP contribution >= 0.6 is 0 Å². The van der Waals surface area contributed by atoms with Crippen molar-refractivity contribution in [2.75, 3.05) is 13.1 Å². The smallest absolute Gasteiger partial charge is 0.176 e. The van der Waals surface area contributed by atoms with E-state index in [0.29, 0.717) is 5.92 Å². The van der Waals surface area contributed by atoms with Gasteiger partial charge in [0.2, 0.25) is 0 Å². The lowest BCUT2D eigenvalue weighted by atomic mass is 9.76. The third-order valence-corrected chi connectivity index (χ3v) is 5.90. The fourth-order valence-electron chi connectivity index (χ4n) is 4.46. The van der Waals surface area contributed by atoms with Gasteiger partial charge in [0.25, 0.3) is 0 Å². The molecule has 1 saturated carbocycles. The van der Waals surface area contributed by atoms with E-state index in [2.05, 4.69) is 15.4 Å². The van der Waals surface area contributed by atoms with Crippen LogP contribution in [0.15, 0.2) is 17.3 Å². The molecule has 0 radical (unpaired) electrons. The summed E-state index contributed by atoms with van der Waals surface area (Å²) in [5.41, 5.74) is 0.351. The van der Waals surface area contributed by atoms with E-state index in [9.17, 15) is 14.0 Å². The summed E-state index contributed by atoms with van der Waals surface area (Å²) in [6.07, 6.45) is 4.43. The Balaban J connectivity index is 1.64. The Labute approximate surface area is 134 Å². The monoisotopic (exact) mass is 321 g/mol. The van der Waals surface area contributed by atoms with Crippen molar-refractivity contribution >= 4 is 5.84 Å². The van der Waals surface area contributed by atoms with Gasteiger partial charge in [0.05, 0.1) is 5.56 Å². The number of hydrogen-bond donors (Lipinski definition) is 2. The van der Waals surface area contributed by atoms with Crippen LogP contribution in [0, 0.1) is 24.5 Å². The predicted octanol–water partition coefficient (Wildman–Crippen LogP) is 2.63. The predicted molar refractivity (Wildman–Crippen MR) is 82.6 cm³/mol. The molecule has 6 heteroatoms. The molecular weight excluding hydrogens is 300 g/mol. The van der Waals surface area contributed by atoms with Crippen LogP contribution in [-0.4, -0.2) is 40.6 Å². The van der Waals surface area contributed by atoms with E-state index < -0.39 is 11.6 Å². The fraction of sp³-hybridized carbons (Fsp3) is 0.588. The molecule has 23 heavy (non-hydrogen) atoms. The highest BCUT2D eigenvalue weighted by Gasteiger charge is 2.60. The maximum absolute atomic E-state index is 14.2. The highest BCUT2D eigenvalue weighted by Crippen LogP contribution is 2.53. The zero-order chi connectivity index (χ0) is 16.2. The minimum atomic E-state index is -0.962. The van der Waals surface area contributed by atoms with Gasteiger partial charge in [-0.25, -0.2) is 8.78 Å². The van der Waals surface area contributed by atoms with Crippen LogP contribution in [0.1, 0.15) is 36.8 Å². The molecule has 0 amide bonds. The van der Waals surface area contributed by atoms with E-state index in [1.807, 2.05) is 0 Å². The minimum Gasteiger partial charge on any atom is -0.409 e. The lowest BCUT2D eigenvalue weighted by Crippen LogP contribution is -2.65. The SMILES string of the molecule is Cc1ccc(/C(=N\O)N[C@@H]2C3CCN(CC3)C23CC3)c(F)c1F. The molecule has 4 nitrogen and oxygen atoms in total. The zero-order valence-corrected chi connectivity index (χ0v) is 13.1. The Bertz CT molecular complexity index is 664. The van der Waals surface area contributed by atoms with Crippen molar-refractivity contribution in [1.29, 1.82) is 0 Å². The lowest BCUT2D eigenvalue weighted by Gasteiger charge is -2.52. The highest BCUT2D eigenvalue weighted by molar-refractivity contribution is 5.99. The molecule has 124 valence electrons. The molecule has 1 spiro atoms. The van der Waals surface area contributed by atoms with E-state index >= 15 is 0 Å². The Morgan fingerprint density at radius 3 is 2.57 bits per heavy atom. The van der Waals surface area contributed by atoms with E-state index in [1.165, 1.54) is 19.1 Å². The molecule has 3 heterocycles. The average Bonchev–Trinajstić information content (AvgIpc) is 3.35. The Morgan fingerprint density at radius 2 is 1.96 bits per heavy atom. The zero-order valence-electron chi connectivity index (χ0n) is 13.1. The first-order valence-corrected chi connectivity index (χ1v) is 8.25. The number of aryl methyl sites for hydroxylation is 1. The molecule has 0 aromatic heterocycles. The first kappa shape index (κ1) is 14.9. The number of hydrogen-bond acceptors (Lipinski definition) is 3. The van der Waals surface area contributed by atoms with Crippen LogP contribution in [0.25, 0.3) is 0 Å². The molecule has 3 saturated heterocycles. The van der Waals surface area contributed by atoms with Crippen molar-refractivity contribution in [3.8, 4) is 0 Å². The summed E-state index contributed by atoms with van der Waals surface area (Å²) >= 11 is 0. The normalized spacial score (nSPS) is 31.4. The van der Waals surface area contributed by atoms with Gasteiger partial charge in [-0.05, 0) is 63.2 Å². The number of amidine groups is 1. The van der Waals surface area contributed by atoms with Crippen molar-refractivity contribution in [3.05, 3.63) is 34.9 Å². The Kier molecular flexibility index (Phi) is 3.34. The van der Waals surface area contributed by atoms with Gasteiger partial charge < -0.3 is 10.5 Å². The summed E-state index contributed by atoms with van der Waals surface area (Å²) in [4.78, 5) is 2.51. The second kappa shape index (κ2) is 5.16. The summed E-state index contributed by atoms with van der Waals surface area (Å²) < 4.78 is 28.1. The van der Waals surface area contributed by atoms with Crippen molar-refractivity contribution in [2.24, 2.45) is 11.1 Å². The van der Waals surface area contributed by atoms with Gasteiger partial charge in [0.1, 0.15) is 0 Å². The Morgan fingerprint density at radius 1 is 1.26 bits per heavy atom. The summed E-state index contributed by atoms with van der Waals surface area (Å²) in [5.74, 6) is -1.32. The van der Waals surface area contributed by atoms with Crippen molar-refractivity contribution < 1.29 is 14.0 Å². The van der Waals surface area contributed by atoms with Gasteiger partial charge in [-0.15, -0.1) is 0 Å². The quantitative estimate of drug-likeness (QED) is 0.381. The number of halogens is 2. The molecule has 2 bridgehead atoms. The summed E-state index contributed by atoms with van der Waals surface area (Å²) in [5, 5.41) is 15.9. The Hall–Kier alpha value is -1.69. The van der Waals surface area contributed by atoms with Gasteiger partial charge in [0.15, 0.2) is 17.5 Å². The lowest BCUT2D eigenvalue weighted by molar-refractivity contribution is 0.00442. The second-order valence-electron chi connectivity index (χ2n) is 7.06. The van der Waals surface area contributed by atoms with Crippen LogP contribution in [-0.2, 0) is 0 Å². The fourth-order valence-corrected chi connectivity index (χ4v) is 4.46. The number of rotatable bonds is 2. The summed E-state index contributed by atoms with van der Waals surface area (Å²) in [6, 6.07) is 3.11. The molecule has 0 unspecified atom stereocenters. The van der Waals surface area contributed by atoms with Gasteiger partial charge in [-0.1, -0.05) is 11.2 Å². The summed E-state index contributed by atoms with van der Waals surface area (Å²) in [7, 11) is 0. The van der Waals surface area contributed by atoms with Crippen LogP contribution in [0.5, 0.6) is 0 Å². The third kappa shape index (κ3) is 2.15. The number of fused-ring (bicyclic) bond motifs is 2. The third-order valence-electron chi connectivity index (χ3n) is 5.90. The molecule has 1 aromatic carbocycles. The maximum Gasteiger partial charge on any atom is 0.176 e. The highest BCUT2D eigenvalue weighted by atomic mass is 19.2. The van der Waals surface area contributed by atoms with Gasteiger partial charge in [0, 0.05) is 11.6 Å². The standard InChI is InChI=1S/C17H21F2N3O/c1-10-2-3-12(14(19)13(10)18)16(21-23)20-15-11-4-8-22(9-5-11)17(15)6-7-17/h2-3,11,15,23H,4-9H2,1H3,(H,20,21)/t15-/m1/s1. The van der Waals surface area contributed by atoms with E-state index in [1.54, 1.807) is 0 Å². The van der Waals surface area contributed by atoms with Crippen molar-refractivity contribution in [3.63, 3.8) is 0 Å². The van der Waals surface area contributed by atoms with Crippen LogP contribution in [0.3, 0.4) is 0 Å². The topological polar surface area (TPSA) is 47.9 Å². The number of oxime groups is 1. The molecule has 1 atom stereocenters. The second-order valence-corrected chi connectivity index (χ2v) is 7.06. The molecule has 3 aliphatic heterocycles. The first-order valence-electron chi connectivity index (χ1n) is 8.25. The van der Waals surface area contributed by atoms with E-state index in [0.717, 1.165) is 38.8 Å². The average molecular weight is 321 g/mol. The van der Waals surface area contributed by atoms with E-state index in [-0.39, 0.29) is 28.5 Å². The molecule has 5 rings (SSSR count). The molecule has 4 aliphatic rings. The molecular formula is C17H21F2N3O. The summed E-state index contributed by atoms with van der Waals surface area (Å²) in [6.45, 7) is 3.74. The van der Waals surface area contributed by atoms with Crippen LogP contribution in [0.4, 0.5) is 8.78 Å². The number of piperidine rings is 3. The van der Waals surface area contributed by atoms with Gasteiger partial charge >= 0.3 is 0 Å². The molecule has 2 N–H and O–H groups in total. The molecule has 4 fully saturated rings. The number of nitrogens with one attached hydrogen (secondary N) is 1. The van der Waals surface area contributed by atoms with Crippen molar-refractivity contribution in [2.45, 2.75) is 44.2 Å². The van der Waals surface area contributed by atoms with E-state index in [4.69, 9.17) is 0 Å². The largest absolute Gasteiger partial charge is 0.409 e. The minimum absolute atomic E-state index is 0.0113. The van der Waals surface area contributed by atoms with Crippen LogP contribution < -0.4 is 5.32 Å². The van der Waals surface area contributed by atoms with Crippen molar-refractivity contribution in [1.82, 2.24) is 10.2 Å². The van der Waals surface area contributed by atoms with Gasteiger partial charge in [-0.3, -0.25) is 4.90 Å². The molecule has 1 aliphatic carbocycles.